The molecule has 0 spiro atoms. The molecule has 0 aliphatic rings. The molecule has 2 rings (SSSR count). The standard InChI is InChI=1S/C14H13BrN2O3/c1-2-20-12-6-4-11(5-7-12)16-13-8-3-10(15)9-14(13)17(18)19/h3-9,16H,2H2,1H3. The fraction of sp³-hybridized carbons (Fsp3) is 0.143. The maximum absolute atomic E-state index is 11.0. The summed E-state index contributed by atoms with van der Waals surface area (Å²) in [4.78, 5) is 10.6. The van der Waals surface area contributed by atoms with Crippen LogP contribution in [-0.2, 0) is 0 Å². The molecule has 6 heteroatoms. The van der Waals surface area contributed by atoms with E-state index in [0.717, 1.165) is 11.4 Å². The van der Waals surface area contributed by atoms with Crippen LogP contribution in [-0.4, -0.2) is 11.5 Å². The molecule has 104 valence electrons. The third-order valence-electron chi connectivity index (χ3n) is 2.60. The van der Waals surface area contributed by atoms with E-state index in [-0.39, 0.29) is 5.69 Å². The van der Waals surface area contributed by atoms with E-state index in [4.69, 9.17) is 4.74 Å². The van der Waals surface area contributed by atoms with Crippen molar-refractivity contribution < 1.29 is 9.66 Å². The number of rotatable bonds is 5. The van der Waals surface area contributed by atoms with Gasteiger partial charge in [0.15, 0.2) is 0 Å². The lowest BCUT2D eigenvalue weighted by atomic mass is 10.2. The molecule has 0 unspecified atom stereocenters. The molecule has 2 aromatic rings. The lowest BCUT2D eigenvalue weighted by molar-refractivity contribution is -0.384. The van der Waals surface area contributed by atoms with E-state index in [9.17, 15) is 10.1 Å². The first-order chi connectivity index (χ1) is 9.60. The molecule has 0 saturated heterocycles. The number of ether oxygens (including phenoxy) is 1. The lowest BCUT2D eigenvalue weighted by Crippen LogP contribution is -1.97. The summed E-state index contributed by atoms with van der Waals surface area (Å²) in [7, 11) is 0. The molecule has 0 radical (unpaired) electrons. The van der Waals surface area contributed by atoms with Crippen LogP contribution in [0.15, 0.2) is 46.9 Å². The summed E-state index contributed by atoms with van der Waals surface area (Å²) in [6.45, 7) is 2.52. The van der Waals surface area contributed by atoms with E-state index in [2.05, 4.69) is 21.2 Å². The third-order valence-corrected chi connectivity index (χ3v) is 3.09. The van der Waals surface area contributed by atoms with Crippen LogP contribution in [0.25, 0.3) is 0 Å². The zero-order valence-corrected chi connectivity index (χ0v) is 12.4. The number of halogens is 1. The molecule has 0 heterocycles. The predicted octanol–water partition coefficient (Wildman–Crippen LogP) is 4.50. The first-order valence-electron chi connectivity index (χ1n) is 6.04. The highest BCUT2D eigenvalue weighted by molar-refractivity contribution is 9.10. The van der Waals surface area contributed by atoms with Crippen LogP contribution >= 0.6 is 15.9 Å². The second-order valence-electron chi connectivity index (χ2n) is 4.00. The minimum absolute atomic E-state index is 0.0215. The lowest BCUT2D eigenvalue weighted by Gasteiger charge is -2.08. The third kappa shape index (κ3) is 3.48. The Kier molecular flexibility index (Phi) is 4.57. The van der Waals surface area contributed by atoms with Gasteiger partial charge >= 0.3 is 0 Å². The van der Waals surface area contributed by atoms with Crippen molar-refractivity contribution in [2.24, 2.45) is 0 Å². The van der Waals surface area contributed by atoms with E-state index in [1.54, 1.807) is 12.1 Å². The zero-order chi connectivity index (χ0) is 14.5. The Morgan fingerprint density at radius 1 is 1.25 bits per heavy atom. The zero-order valence-electron chi connectivity index (χ0n) is 10.8. The summed E-state index contributed by atoms with van der Waals surface area (Å²) in [5, 5.41) is 14.1. The van der Waals surface area contributed by atoms with Crippen LogP contribution in [0.4, 0.5) is 17.1 Å². The first-order valence-corrected chi connectivity index (χ1v) is 6.83. The molecule has 0 fully saturated rings. The van der Waals surface area contributed by atoms with Gasteiger partial charge in [0.05, 0.1) is 11.5 Å². The summed E-state index contributed by atoms with van der Waals surface area (Å²) in [5.74, 6) is 0.767. The van der Waals surface area contributed by atoms with Crippen LogP contribution < -0.4 is 10.1 Å². The van der Waals surface area contributed by atoms with Gasteiger partial charge in [-0.25, -0.2) is 0 Å². The van der Waals surface area contributed by atoms with Crippen LogP contribution in [0.3, 0.4) is 0 Å². The molecule has 0 saturated carbocycles. The van der Waals surface area contributed by atoms with Crippen LogP contribution in [0.2, 0.25) is 0 Å². The van der Waals surface area contributed by atoms with Crippen LogP contribution in [0, 0.1) is 10.1 Å². The summed E-state index contributed by atoms with van der Waals surface area (Å²) >= 11 is 3.23. The van der Waals surface area contributed by atoms with E-state index < -0.39 is 4.92 Å². The van der Waals surface area contributed by atoms with Crippen molar-refractivity contribution in [3.05, 3.63) is 57.1 Å². The quantitative estimate of drug-likeness (QED) is 0.644. The summed E-state index contributed by atoms with van der Waals surface area (Å²) in [5.41, 5.74) is 1.23. The number of hydrogen-bond acceptors (Lipinski definition) is 4. The van der Waals surface area contributed by atoms with Gasteiger partial charge in [0.2, 0.25) is 0 Å². The van der Waals surface area contributed by atoms with Gasteiger partial charge in [0, 0.05) is 16.2 Å². The van der Waals surface area contributed by atoms with Gasteiger partial charge in [0.1, 0.15) is 11.4 Å². The Bertz CT molecular complexity index is 614. The highest BCUT2D eigenvalue weighted by Gasteiger charge is 2.14. The molecular weight excluding hydrogens is 324 g/mol. The number of hydrogen-bond donors (Lipinski definition) is 1. The second-order valence-corrected chi connectivity index (χ2v) is 4.92. The van der Waals surface area contributed by atoms with Crippen molar-refractivity contribution in [2.75, 3.05) is 11.9 Å². The molecule has 5 nitrogen and oxygen atoms in total. The van der Waals surface area contributed by atoms with Crippen molar-refractivity contribution in [2.45, 2.75) is 6.92 Å². The normalized spacial score (nSPS) is 10.1. The minimum atomic E-state index is -0.415. The number of nitrogens with one attached hydrogen (secondary N) is 1. The summed E-state index contributed by atoms with van der Waals surface area (Å²) < 4.78 is 6.01. The van der Waals surface area contributed by atoms with Gasteiger partial charge < -0.3 is 10.1 Å². The van der Waals surface area contributed by atoms with Gasteiger partial charge in [-0.15, -0.1) is 0 Å². The molecule has 0 aliphatic carbocycles. The highest BCUT2D eigenvalue weighted by atomic mass is 79.9. The Morgan fingerprint density at radius 3 is 2.55 bits per heavy atom. The van der Waals surface area contributed by atoms with Crippen LogP contribution in [0.5, 0.6) is 5.75 Å². The first kappa shape index (κ1) is 14.3. The van der Waals surface area contributed by atoms with Crippen molar-refractivity contribution in [1.29, 1.82) is 0 Å². The van der Waals surface area contributed by atoms with Gasteiger partial charge in [0.25, 0.3) is 5.69 Å². The van der Waals surface area contributed by atoms with Crippen molar-refractivity contribution >= 4 is 33.0 Å². The average Bonchev–Trinajstić information content (AvgIpc) is 2.43. The van der Waals surface area contributed by atoms with Crippen molar-refractivity contribution in [1.82, 2.24) is 0 Å². The van der Waals surface area contributed by atoms with E-state index in [0.29, 0.717) is 16.8 Å². The number of nitrogens with zero attached hydrogens (tertiary/aromatic N) is 1. The number of benzene rings is 2. The predicted molar refractivity (Wildman–Crippen MR) is 81.7 cm³/mol. The Morgan fingerprint density at radius 2 is 1.95 bits per heavy atom. The SMILES string of the molecule is CCOc1ccc(Nc2ccc(Br)cc2[N+](=O)[O-])cc1. The van der Waals surface area contributed by atoms with Gasteiger partial charge in [-0.3, -0.25) is 10.1 Å². The molecule has 0 atom stereocenters. The largest absolute Gasteiger partial charge is 0.494 e. The number of nitro benzene ring substituents is 1. The van der Waals surface area contributed by atoms with E-state index in [1.165, 1.54) is 6.07 Å². The smallest absolute Gasteiger partial charge is 0.293 e. The second kappa shape index (κ2) is 6.38. The fourth-order valence-corrected chi connectivity index (χ4v) is 2.07. The maximum Gasteiger partial charge on any atom is 0.293 e. The fourth-order valence-electron chi connectivity index (χ4n) is 1.72. The monoisotopic (exact) mass is 336 g/mol. The van der Waals surface area contributed by atoms with Crippen LogP contribution in [0.1, 0.15) is 6.92 Å². The Hall–Kier alpha value is -2.08. The Labute approximate surface area is 124 Å². The molecular formula is C14H13BrN2O3. The maximum atomic E-state index is 11.0. The van der Waals surface area contributed by atoms with Gasteiger partial charge in [-0.1, -0.05) is 15.9 Å². The molecule has 0 aliphatic heterocycles. The molecule has 20 heavy (non-hydrogen) atoms. The van der Waals surface area contributed by atoms with Crippen molar-refractivity contribution in [3.8, 4) is 5.75 Å². The summed E-state index contributed by atoms with van der Waals surface area (Å²) in [6, 6.07) is 12.2. The molecule has 0 amide bonds. The highest BCUT2D eigenvalue weighted by Crippen LogP contribution is 2.30. The van der Waals surface area contributed by atoms with E-state index >= 15 is 0 Å². The molecule has 2 aromatic carbocycles. The summed E-state index contributed by atoms with van der Waals surface area (Å²) in [6.07, 6.45) is 0. The minimum Gasteiger partial charge on any atom is -0.494 e. The molecule has 1 N–H and O–H groups in total. The average molecular weight is 337 g/mol. The van der Waals surface area contributed by atoms with Gasteiger partial charge in [-0.05, 0) is 43.3 Å². The molecule has 0 aromatic heterocycles. The molecule has 0 bridgehead atoms. The number of nitro groups is 1. The Balaban J connectivity index is 2.23. The topological polar surface area (TPSA) is 64.4 Å². The van der Waals surface area contributed by atoms with Gasteiger partial charge in [-0.2, -0.15) is 0 Å². The van der Waals surface area contributed by atoms with E-state index in [1.807, 2.05) is 31.2 Å². The van der Waals surface area contributed by atoms with Crippen molar-refractivity contribution in [3.63, 3.8) is 0 Å². The number of anilines is 2.